The lowest BCUT2D eigenvalue weighted by Gasteiger charge is -2.01. The van der Waals surface area contributed by atoms with Gasteiger partial charge in [-0.2, -0.15) is 0 Å². The van der Waals surface area contributed by atoms with Crippen molar-refractivity contribution in [3.8, 4) is 5.75 Å². The lowest BCUT2D eigenvalue weighted by Crippen LogP contribution is -1.85. The number of pyridine rings is 1. The molecule has 4 heteroatoms. The lowest BCUT2D eigenvalue weighted by molar-refractivity contribution is 0.411. The first-order valence-electron chi connectivity index (χ1n) is 4.73. The number of hydrogen-bond donors (Lipinski definition) is 0. The molecule has 0 fully saturated rings. The van der Waals surface area contributed by atoms with Crippen LogP contribution in [0.25, 0.3) is 0 Å². The first-order chi connectivity index (χ1) is 6.72. The second-order valence-electron chi connectivity index (χ2n) is 1.38. The van der Waals surface area contributed by atoms with Gasteiger partial charge in [0.15, 0.2) is 0 Å². The van der Waals surface area contributed by atoms with Gasteiger partial charge in [0.2, 0.25) is 0 Å². The molecule has 1 aromatic rings. The van der Waals surface area contributed by atoms with E-state index in [9.17, 15) is 0 Å². The molecular weight excluding hydrogens is 262 g/mol. The van der Waals surface area contributed by atoms with Crippen LogP contribution in [0.5, 0.6) is 5.75 Å². The monoisotopic (exact) mass is 270 g/mol. The van der Waals surface area contributed by atoms with Crippen LogP contribution in [0.15, 0.2) is 21.3 Å². The molecule has 0 amide bonds. The van der Waals surface area contributed by atoms with Crippen LogP contribution in [-0.2, 0) is 0 Å². The number of aromatic nitrogens is 1. The summed E-state index contributed by atoms with van der Waals surface area (Å²) in [6.07, 6.45) is -0.357. The molecule has 0 aliphatic rings. The second-order valence-corrected chi connectivity index (χ2v) is 2.93. The third-order valence-electron chi connectivity index (χ3n) is 0.806. The van der Waals surface area contributed by atoms with Gasteiger partial charge in [-0.1, -0.05) is 0 Å². The van der Waals surface area contributed by atoms with E-state index in [0.29, 0.717) is 0 Å². The molecule has 10 heavy (non-hydrogen) atoms. The van der Waals surface area contributed by atoms with Crippen molar-refractivity contribution in [2.45, 2.75) is 0 Å². The number of halogens is 2. The minimum atomic E-state index is -2.66. The van der Waals surface area contributed by atoms with E-state index in [1.807, 2.05) is 0 Å². The summed E-state index contributed by atoms with van der Waals surface area (Å²) < 4.78 is 40.5. The van der Waals surface area contributed by atoms with E-state index in [2.05, 4.69) is 41.6 Å². The Morgan fingerprint density at radius 3 is 3.30 bits per heavy atom. The van der Waals surface area contributed by atoms with Gasteiger partial charge in [0.25, 0.3) is 0 Å². The number of rotatable bonds is 1. The molecule has 0 aliphatic heterocycles. The molecule has 0 aliphatic carbocycles. The molecule has 0 saturated carbocycles. The largest absolute Gasteiger partial charge is 0.495 e. The third-order valence-corrected chi connectivity index (χ3v) is 2.65. The van der Waals surface area contributed by atoms with E-state index in [-0.39, 0.29) is 27.0 Å². The fraction of sp³-hybridized carbons (Fsp3) is 0.167. The summed E-state index contributed by atoms with van der Waals surface area (Å²) in [5, 5.41) is 0. The maximum Gasteiger partial charge on any atom is 0.137 e. The van der Waals surface area contributed by atoms with E-state index in [4.69, 9.17) is 6.85 Å². The molecule has 0 radical (unpaired) electrons. The van der Waals surface area contributed by atoms with Crippen LogP contribution >= 0.6 is 31.9 Å². The summed E-state index contributed by atoms with van der Waals surface area (Å²) >= 11 is 6.04. The number of ether oxygens (including phenoxy) is 1. The van der Waals surface area contributed by atoms with Gasteiger partial charge in [-0.15, -0.1) is 0 Å². The average molecular weight is 272 g/mol. The summed E-state index contributed by atoms with van der Waals surface area (Å²) in [5.41, 5.74) is 0. The van der Waals surface area contributed by atoms with Crippen molar-refractivity contribution < 1.29 is 11.6 Å². The van der Waals surface area contributed by atoms with E-state index in [1.165, 1.54) is 0 Å². The summed E-state index contributed by atoms with van der Waals surface area (Å²) in [6.45, 7) is 0. The topological polar surface area (TPSA) is 22.1 Å². The van der Waals surface area contributed by atoms with E-state index < -0.39 is 7.04 Å². The smallest absolute Gasteiger partial charge is 0.137 e. The van der Waals surface area contributed by atoms with Crippen LogP contribution < -0.4 is 4.74 Å². The fourth-order valence-electron chi connectivity index (χ4n) is 0.396. The summed E-state index contributed by atoms with van der Waals surface area (Å²) in [6, 6.07) is -0.374. The molecule has 0 saturated heterocycles. The highest BCUT2D eigenvalue weighted by atomic mass is 79.9. The third kappa shape index (κ3) is 1.49. The molecule has 0 N–H and O–H groups in total. The minimum absolute atomic E-state index is 0.208. The van der Waals surface area contributed by atoms with Crippen molar-refractivity contribution in [3.05, 3.63) is 21.3 Å². The maximum atomic E-state index is 7.44. The summed E-state index contributed by atoms with van der Waals surface area (Å²) in [4.78, 5) is 3.65. The highest BCUT2D eigenvalue weighted by Crippen LogP contribution is 2.29. The van der Waals surface area contributed by atoms with Gasteiger partial charge >= 0.3 is 0 Å². The summed E-state index contributed by atoms with van der Waals surface area (Å²) in [7, 11) is -2.66. The molecule has 0 atom stereocenters. The van der Waals surface area contributed by atoms with E-state index in [1.54, 1.807) is 0 Å². The van der Waals surface area contributed by atoms with E-state index in [0.717, 1.165) is 0 Å². The van der Waals surface area contributed by atoms with Crippen molar-refractivity contribution >= 4 is 31.9 Å². The number of nitrogens with zero attached hydrogens (tertiary/aromatic N) is 1. The molecule has 1 rings (SSSR count). The SMILES string of the molecule is [2H]c1nc(Br)c(Br)c(OC([2H])([2H])[2H])c1[2H]. The quantitative estimate of drug-likeness (QED) is 0.733. The zero-order valence-corrected chi connectivity index (χ0v) is 7.78. The molecule has 0 unspecified atom stereocenters. The molecule has 0 bridgehead atoms. The molecule has 0 aromatic carbocycles. The standard InChI is InChI=1S/C6H5Br2NO/c1-10-4-2-3-9-6(8)5(4)7/h2-3H,1H3/i1D3,2D,3D. The molecule has 2 nitrogen and oxygen atoms in total. The zero-order chi connectivity index (χ0) is 11.8. The Morgan fingerprint density at radius 1 is 1.80 bits per heavy atom. The Kier molecular flexibility index (Phi) is 1.18. The molecule has 1 heterocycles. The van der Waals surface area contributed by atoms with Crippen LogP contribution in [0.2, 0.25) is 0 Å². The van der Waals surface area contributed by atoms with Crippen LogP contribution in [0.1, 0.15) is 6.85 Å². The molecule has 54 valence electrons. The average Bonchev–Trinajstić information content (AvgIpc) is 2.08. The van der Waals surface area contributed by atoms with Gasteiger partial charge in [-0.05, 0) is 37.9 Å². The van der Waals surface area contributed by atoms with Crippen molar-refractivity contribution in [3.63, 3.8) is 0 Å². The Morgan fingerprint density at radius 2 is 2.60 bits per heavy atom. The fourth-order valence-corrected chi connectivity index (χ4v) is 0.933. The van der Waals surface area contributed by atoms with Crippen molar-refractivity contribution in [1.82, 2.24) is 4.98 Å². The maximum absolute atomic E-state index is 7.44. The highest BCUT2D eigenvalue weighted by Gasteiger charge is 2.02. The molecule has 1 aromatic heterocycles. The number of hydrogen-bond acceptors (Lipinski definition) is 2. The zero-order valence-electron chi connectivity index (χ0n) is 9.61. The molecule has 0 spiro atoms. The van der Waals surface area contributed by atoms with Crippen molar-refractivity contribution in [1.29, 1.82) is 0 Å². The lowest BCUT2D eigenvalue weighted by atomic mass is 10.5. The normalized spacial score (nSPS) is 18.0. The van der Waals surface area contributed by atoms with Crippen LogP contribution in [0.3, 0.4) is 0 Å². The van der Waals surface area contributed by atoms with Crippen LogP contribution in [-0.4, -0.2) is 12.0 Å². The first-order valence-corrected chi connectivity index (χ1v) is 3.82. The van der Waals surface area contributed by atoms with Crippen LogP contribution in [0.4, 0.5) is 0 Å². The van der Waals surface area contributed by atoms with Gasteiger partial charge in [-0.25, -0.2) is 4.98 Å². The van der Waals surface area contributed by atoms with Gasteiger partial charge in [-0.3, -0.25) is 0 Å². The Labute approximate surface area is 82.9 Å². The number of methoxy groups -OCH3 is 1. The Hall–Kier alpha value is -0.0900. The minimum Gasteiger partial charge on any atom is -0.495 e. The summed E-state index contributed by atoms with van der Waals surface area (Å²) in [5.74, 6) is -0.220. The van der Waals surface area contributed by atoms with Gasteiger partial charge in [0, 0.05) is 6.17 Å². The predicted octanol–water partition coefficient (Wildman–Crippen LogP) is 2.62. The second kappa shape index (κ2) is 3.34. The van der Waals surface area contributed by atoms with Crippen LogP contribution in [0, 0.1) is 0 Å². The predicted molar refractivity (Wildman–Crippen MR) is 46.2 cm³/mol. The van der Waals surface area contributed by atoms with Gasteiger partial charge in [0.1, 0.15) is 10.4 Å². The molecular formula is C6H5Br2NO. The van der Waals surface area contributed by atoms with Gasteiger partial charge in [0.05, 0.1) is 18.4 Å². The van der Waals surface area contributed by atoms with Crippen molar-refractivity contribution in [2.24, 2.45) is 0 Å². The highest BCUT2D eigenvalue weighted by molar-refractivity contribution is 9.13. The van der Waals surface area contributed by atoms with Gasteiger partial charge < -0.3 is 4.74 Å². The van der Waals surface area contributed by atoms with E-state index >= 15 is 0 Å². The first kappa shape index (κ1) is 3.54. The Balaban J connectivity index is 3.27. The Bertz CT molecular complexity index is 368. The van der Waals surface area contributed by atoms with Crippen molar-refractivity contribution in [2.75, 3.05) is 7.04 Å².